The second kappa shape index (κ2) is 25.6. The van der Waals surface area contributed by atoms with E-state index in [-0.39, 0.29) is 160 Å². The molecule has 0 aromatic heterocycles. The van der Waals surface area contributed by atoms with E-state index in [1.807, 2.05) is 0 Å². The molecular weight excluding hydrogens is 1070 g/mol. The average molecular weight is 1090 g/mol. The normalized spacial score (nSPS) is 12.7. The number of phenols is 1. The van der Waals surface area contributed by atoms with Crippen molar-refractivity contribution >= 4 is 110 Å². The third-order valence-corrected chi connectivity index (χ3v) is 14.1. The molecule has 0 heterocycles. The van der Waals surface area contributed by atoms with E-state index in [9.17, 15) is 86.8 Å². The van der Waals surface area contributed by atoms with Crippen LogP contribution in [0.4, 0.5) is 28.4 Å². The number of sulfone groups is 2. The van der Waals surface area contributed by atoms with Crippen LogP contribution in [-0.2, 0) is 79.2 Å². The first kappa shape index (κ1) is 67.4. The van der Waals surface area contributed by atoms with E-state index >= 15 is 0 Å². The SMILES string of the molecule is Nc1c(N=Nc2ccc(S(=O)(=O)CCOS(=O)(=O)[O-])cc2S(=O)(=O)[O-])c(S(=O)(=O)[O-])cc2cc(S(=O)(=O)[O-])c(N=Nc3ccc(S(=O)(=O)CCOS(=O)(=O)[O-])cc3)c(O)c12.[Na+].[Na+].[Na+].[Na+].[Na+]. The largest absolute Gasteiger partial charge is 1.00 e. The van der Waals surface area contributed by atoms with Gasteiger partial charge in [0, 0.05) is 0 Å². The number of fused-ring (bicyclic) bond motifs is 1. The molecule has 0 aliphatic heterocycles. The summed E-state index contributed by atoms with van der Waals surface area (Å²) in [7, 11) is -36.6. The van der Waals surface area contributed by atoms with E-state index in [1.54, 1.807) is 0 Å². The number of aromatic hydroxyl groups is 1. The summed E-state index contributed by atoms with van der Waals surface area (Å²) in [4.78, 5) is -5.66. The molecule has 65 heavy (non-hydrogen) atoms. The first-order valence-electron chi connectivity index (χ1n) is 14.9. The van der Waals surface area contributed by atoms with Gasteiger partial charge in [-0.3, -0.25) is 8.37 Å². The van der Waals surface area contributed by atoms with Gasteiger partial charge in [-0.05, 0) is 60.0 Å². The third kappa shape index (κ3) is 18.8. The maximum Gasteiger partial charge on any atom is 1.00 e. The predicted octanol–water partition coefficient (Wildman–Crippen LogP) is -14.8. The second-order valence-electron chi connectivity index (χ2n) is 11.3. The zero-order valence-electron chi connectivity index (χ0n) is 33.8. The molecule has 0 atom stereocenters. The molecule has 4 rings (SSSR count). The van der Waals surface area contributed by atoms with Gasteiger partial charge in [-0.25, -0.2) is 58.9 Å². The topological polar surface area (TPSA) is 468 Å². The summed E-state index contributed by atoms with van der Waals surface area (Å²) in [5.41, 5.74) is 1.31. The second-order valence-corrected chi connectivity index (χ2v) is 21.7. The van der Waals surface area contributed by atoms with Gasteiger partial charge in [0.15, 0.2) is 25.4 Å². The Balaban J connectivity index is 0. The molecule has 328 valence electrons. The van der Waals surface area contributed by atoms with Crippen molar-refractivity contribution in [2.45, 2.75) is 24.5 Å². The number of phenolic OH excluding ortho intramolecular Hbond substituents is 1. The van der Waals surface area contributed by atoms with Gasteiger partial charge in [0.05, 0.1) is 66.0 Å². The molecule has 4 aromatic carbocycles. The summed E-state index contributed by atoms with van der Waals surface area (Å²) in [6, 6.07) is 5.86. The number of nitrogen functional groups attached to an aromatic ring is 1. The summed E-state index contributed by atoms with van der Waals surface area (Å²) in [6.45, 7) is -2.25. The minimum atomic E-state index is -5.74. The van der Waals surface area contributed by atoms with E-state index in [4.69, 9.17) is 5.73 Å². The molecule has 0 unspecified atom stereocenters. The van der Waals surface area contributed by atoms with Crippen LogP contribution in [0.2, 0.25) is 0 Å². The van der Waals surface area contributed by atoms with Crippen molar-refractivity contribution in [3.8, 4) is 5.75 Å². The Morgan fingerprint density at radius 2 is 0.908 bits per heavy atom. The quantitative estimate of drug-likeness (QED) is 0.0326. The Hall–Kier alpha value is 0.310. The third-order valence-electron chi connectivity index (χ3n) is 7.29. The van der Waals surface area contributed by atoms with Gasteiger partial charge in [0.2, 0.25) is 20.8 Å². The smallest absolute Gasteiger partial charge is 0.744 e. The van der Waals surface area contributed by atoms with E-state index in [2.05, 4.69) is 28.8 Å². The summed E-state index contributed by atoms with van der Waals surface area (Å²) in [6.07, 6.45) is 0. The number of hydrogen-bond donors (Lipinski definition) is 2. The maximum atomic E-state index is 12.6. The van der Waals surface area contributed by atoms with Crippen LogP contribution in [0.3, 0.4) is 0 Å². The molecule has 0 amide bonds. The maximum absolute atomic E-state index is 12.6. The first-order chi connectivity index (χ1) is 27.2. The van der Waals surface area contributed by atoms with Gasteiger partial charge in [-0.1, -0.05) is 0 Å². The van der Waals surface area contributed by atoms with Crippen LogP contribution in [0.5, 0.6) is 5.75 Å². The standard InChI is InChI=1S/C26H25N5O22S7.5Na/c27-23-22-14(12-21(58(43,44)45)25(26(22)32)31-28-15-1-3-16(4-2-15)54(33,34)9-7-52-59(46,47)48)11-20(57(40,41)42)24(23)30-29-18-6-5-17(13-19(18)56(37,38)39)55(35,36)10-8-53-60(49,50)51;;;;;/h1-6,11-13,32H,7-10,27H2,(H,37,38,39)(H,40,41,42)(H,43,44,45)(H,46,47,48)(H,49,50,51);;;;;/q;5*+1/p-5. The molecule has 0 spiro atoms. The van der Waals surface area contributed by atoms with Gasteiger partial charge in [0.25, 0.3) is 0 Å². The van der Waals surface area contributed by atoms with Gasteiger partial charge >= 0.3 is 148 Å². The van der Waals surface area contributed by atoms with Crippen LogP contribution in [0.25, 0.3) is 10.8 Å². The van der Waals surface area contributed by atoms with E-state index < -0.39 is 159 Å². The molecule has 4 aromatic rings. The summed E-state index contributed by atoms with van der Waals surface area (Å²) < 4.78 is 231. The molecule has 0 aliphatic rings. The fourth-order valence-corrected chi connectivity index (χ4v) is 9.72. The van der Waals surface area contributed by atoms with Gasteiger partial charge in [-0.15, -0.1) is 15.3 Å². The van der Waals surface area contributed by atoms with Crippen LogP contribution in [0.1, 0.15) is 0 Å². The van der Waals surface area contributed by atoms with E-state index in [1.165, 1.54) is 0 Å². The number of anilines is 1. The fourth-order valence-electron chi connectivity index (χ4n) is 4.72. The average Bonchev–Trinajstić information content (AvgIpc) is 3.08. The predicted molar refractivity (Wildman–Crippen MR) is 191 cm³/mol. The van der Waals surface area contributed by atoms with Crippen LogP contribution >= 0.6 is 0 Å². The molecule has 0 aliphatic carbocycles. The Morgan fingerprint density at radius 1 is 0.508 bits per heavy atom. The van der Waals surface area contributed by atoms with Crippen LogP contribution in [0.15, 0.2) is 99.5 Å². The zero-order valence-corrected chi connectivity index (χ0v) is 49.5. The minimum Gasteiger partial charge on any atom is -0.744 e. The fraction of sp³-hybridized carbons (Fsp3) is 0.154. The van der Waals surface area contributed by atoms with Crippen LogP contribution in [0, 0.1) is 0 Å². The van der Waals surface area contributed by atoms with E-state index in [0.29, 0.717) is 24.3 Å². The monoisotopic (exact) mass is 1090 g/mol. The number of benzene rings is 4. The summed E-state index contributed by atoms with van der Waals surface area (Å²) in [5.74, 6) is -3.52. The molecule has 27 nitrogen and oxygen atoms in total. The number of nitrogens with two attached hydrogens (primary N) is 1. The number of nitrogens with zero attached hydrogens (tertiary/aromatic N) is 4. The molecule has 0 saturated carbocycles. The molecular formula is C26H20N5Na5O22S7. The van der Waals surface area contributed by atoms with Crippen LogP contribution in [-0.4, -0.2) is 112 Å². The van der Waals surface area contributed by atoms with Crippen molar-refractivity contribution in [1.29, 1.82) is 0 Å². The van der Waals surface area contributed by atoms with Gasteiger partial charge in [-0.2, -0.15) is 5.11 Å². The van der Waals surface area contributed by atoms with Crippen molar-refractivity contribution in [2.75, 3.05) is 30.5 Å². The van der Waals surface area contributed by atoms with Gasteiger partial charge in [0.1, 0.15) is 47.4 Å². The minimum absolute atomic E-state index is 0. The molecule has 0 bridgehead atoms. The zero-order chi connectivity index (χ0) is 45.4. The Bertz CT molecular complexity index is 3290. The molecule has 39 heteroatoms. The molecule has 0 radical (unpaired) electrons. The van der Waals surface area contributed by atoms with Gasteiger partial charge < -0.3 is 33.6 Å². The first-order valence-corrected chi connectivity index (χ1v) is 25.1. The van der Waals surface area contributed by atoms with Crippen molar-refractivity contribution in [3.05, 3.63) is 54.6 Å². The molecule has 0 fully saturated rings. The Kier molecular flexibility index (Phi) is 26.6. The Morgan fingerprint density at radius 3 is 1.34 bits per heavy atom. The van der Waals surface area contributed by atoms with Crippen molar-refractivity contribution in [1.82, 2.24) is 0 Å². The van der Waals surface area contributed by atoms with Crippen molar-refractivity contribution < 1.29 is 243 Å². The molecule has 0 saturated heterocycles. The van der Waals surface area contributed by atoms with Crippen molar-refractivity contribution in [3.63, 3.8) is 0 Å². The number of rotatable bonds is 17. The van der Waals surface area contributed by atoms with Crippen LogP contribution < -0.4 is 154 Å². The van der Waals surface area contributed by atoms with Crippen molar-refractivity contribution in [2.24, 2.45) is 20.5 Å². The molecule has 3 N–H and O–H groups in total. The summed E-state index contributed by atoms with van der Waals surface area (Å²) in [5, 5.41) is 23.6. The number of azo groups is 2. The summed E-state index contributed by atoms with van der Waals surface area (Å²) >= 11 is 0. The number of hydrogen-bond acceptors (Lipinski definition) is 27. The Labute approximate surface area is 481 Å². The van der Waals surface area contributed by atoms with E-state index in [0.717, 1.165) is 24.3 Å².